The van der Waals surface area contributed by atoms with Crippen LogP contribution in [0.3, 0.4) is 0 Å². The summed E-state index contributed by atoms with van der Waals surface area (Å²) in [5.41, 5.74) is 3.57. The van der Waals surface area contributed by atoms with Gasteiger partial charge in [0.1, 0.15) is 0 Å². The Hall–Kier alpha value is -2.44. The number of thiophene rings is 1. The molecule has 1 aromatic carbocycles. The first-order valence-corrected chi connectivity index (χ1v) is 10.3. The Kier molecular flexibility index (Phi) is 4.10. The first-order chi connectivity index (χ1) is 13.2. The zero-order chi connectivity index (χ0) is 18.4. The summed E-state index contributed by atoms with van der Waals surface area (Å²) in [7, 11) is 0. The van der Waals surface area contributed by atoms with Gasteiger partial charge in [-0.1, -0.05) is 12.1 Å². The van der Waals surface area contributed by atoms with Gasteiger partial charge in [0.15, 0.2) is 0 Å². The van der Waals surface area contributed by atoms with E-state index >= 15 is 0 Å². The van der Waals surface area contributed by atoms with E-state index in [-0.39, 0.29) is 11.8 Å². The van der Waals surface area contributed by atoms with E-state index in [2.05, 4.69) is 27.4 Å². The molecular formula is C21H21N3O2S. The van der Waals surface area contributed by atoms with E-state index in [0.717, 1.165) is 32.5 Å². The summed E-state index contributed by atoms with van der Waals surface area (Å²) in [6, 6.07) is 11.5. The molecule has 0 aliphatic carbocycles. The average molecular weight is 379 g/mol. The Bertz CT molecular complexity index is 950. The molecule has 0 atom stereocenters. The number of piperidine rings is 1. The van der Waals surface area contributed by atoms with Gasteiger partial charge < -0.3 is 4.98 Å². The smallest absolute Gasteiger partial charge is 0.261 e. The number of nitrogens with one attached hydrogen (secondary N) is 1. The highest BCUT2D eigenvalue weighted by atomic mass is 32.1. The van der Waals surface area contributed by atoms with Crippen LogP contribution in [0.2, 0.25) is 0 Å². The van der Waals surface area contributed by atoms with Crippen molar-refractivity contribution < 1.29 is 9.59 Å². The van der Waals surface area contributed by atoms with Gasteiger partial charge in [-0.05, 0) is 61.5 Å². The minimum atomic E-state index is -0.135. The number of carbonyl (C=O) groups excluding carboxylic acids is 2. The molecule has 2 amide bonds. The number of aromatic amines is 1. The van der Waals surface area contributed by atoms with Crippen molar-refractivity contribution >= 4 is 33.4 Å². The van der Waals surface area contributed by atoms with Crippen LogP contribution in [0.5, 0.6) is 0 Å². The van der Waals surface area contributed by atoms with Gasteiger partial charge in [-0.25, -0.2) is 0 Å². The quantitative estimate of drug-likeness (QED) is 0.703. The molecule has 3 aromatic rings. The van der Waals surface area contributed by atoms with E-state index in [4.69, 9.17) is 0 Å². The van der Waals surface area contributed by atoms with Crippen LogP contribution in [0, 0.1) is 5.92 Å². The number of benzene rings is 1. The molecule has 0 radical (unpaired) electrons. The number of likely N-dealkylation sites (tertiary alicyclic amines) is 1. The molecule has 2 aromatic heterocycles. The third-order valence-corrected chi connectivity index (χ3v) is 6.58. The third-order valence-electron chi connectivity index (χ3n) is 5.72. The number of hydrogen-bond donors (Lipinski definition) is 1. The summed E-state index contributed by atoms with van der Waals surface area (Å²) in [6.07, 6.45) is 2.03. The second-order valence-electron chi connectivity index (χ2n) is 7.48. The Balaban J connectivity index is 1.18. The maximum absolute atomic E-state index is 12.5. The number of rotatable bonds is 4. The van der Waals surface area contributed by atoms with Gasteiger partial charge in [-0.15, -0.1) is 11.3 Å². The lowest BCUT2D eigenvalue weighted by Crippen LogP contribution is -2.40. The van der Waals surface area contributed by atoms with Gasteiger partial charge in [0.2, 0.25) is 0 Å². The zero-order valence-corrected chi connectivity index (χ0v) is 15.8. The van der Waals surface area contributed by atoms with Crippen LogP contribution in [-0.4, -0.2) is 46.2 Å². The van der Waals surface area contributed by atoms with Crippen LogP contribution in [0.15, 0.2) is 41.8 Å². The van der Waals surface area contributed by atoms with Gasteiger partial charge in [-0.3, -0.25) is 19.4 Å². The summed E-state index contributed by atoms with van der Waals surface area (Å²) < 4.78 is 1.31. The fourth-order valence-electron chi connectivity index (χ4n) is 4.22. The van der Waals surface area contributed by atoms with Gasteiger partial charge >= 0.3 is 0 Å². The standard InChI is InChI=1S/C21H21N3O2S/c25-20-16-3-1-2-4-17(16)21(26)24(20)12-14-5-8-23(9-6-14)13-15-11-19-18(22-15)7-10-27-19/h1-4,7,10-11,14,22H,5-6,8-9,12-13H2. The van der Waals surface area contributed by atoms with Crippen molar-refractivity contribution in [3.63, 3.8) is 0 Å². The van der Waals surface area contributed by atoms with Crippen molar-refractivity contribution in [3.8, 4) is 0 Å². The lowest BCUT2D eigenvalue weighted by Gasteiger charge is -2.33. The predicted octanol–water partition coefficient (Wildman–Crippen LogP) is 3.74. The van der Waals surface area contributed by atoms with E-state index in [9.17, 15) is 9.59 Å². The fraction of sp³-hybridized carbons (Fsp3) is 0.333. The van der Waals surface area contributed by atoms with Gasteiger partial charge in [0, 0.05) is 18.8 Å². The van der Waals surface area contributed by atoms with Gasteiger partial charge in [-0.2, -0.15) is 0 Å². The Morgan fingerprint density at radius 2 is 1.74 bits per heavy atom. The average Bonchev–Trinajstić information content (AvgIpc) is 3.33. The summed E-state index contributed by atoms with van der Waals surface area (Å²) in [6.45, 7) is 3.47. The zero-order valence-electron chi connectivity index (χ0n) is 15.0. The van der Waals surface area contributed by atoms with Crippen molar-refractivity contribution in [3.05, 3.63) is 58.6 Å². The minimum absolute atomic E-state index is 0.135. The maximum Gasteiger partial charge on any atom is 0.261 e. The molecule has 4 heterocycles. The first-order valence-electron chi connectivity index (χ1n) is 9.42. The molecule has 0 bridgehead atoms. The molecule has 1 fully saturated rings. The molecule has 5 rings (SSSR count). The number of hydrogen-bond acceptors (Lipinski definition) is 4. The third kappa shape index (κ3) is 2.99. The van der Waals surface area contributed by atoms with Crippen molar-refractivity contribution in [2.45, 2.75) is 19.4 Å². The molecule has 0 unspecified atom stereocenters. The van der Waals surface area contributed by atoms with E-state index in [1.54, 1.807) is 23.5 Å². The largest absolute Gasteiger partial charge is 0.357 e. The number of amides is 2. The first kappa shape index (κ1) is 16.7. The lowest BCUT2D eigenvalue weighted by atomic mass is 9.96. The summed E-state index contributed by atoms with van der Waals surface area (Å²) in [4.78, 5) is 32.5. The summed E-state index contributed by atoms with van der Waals surface area (Å²) in [5, 5.41) is 2.11. The molecule has 138 valence electrons. The Morgan fingerprint density at radius 1 is 1.04 bits per heavy atom. The second kappa shape index (κ2) is 6.62. The molecule has 6 heteroatoms. The molecule has 5 nitrogen and oxygen atoms in total. The van der Waals surface area contributed by atoms with Gasteiger partial charge in [0.25, 0.3) is 11.8 Å². The number of nitrogens with zero attached hydrogens (tertiary/aromatic N) is 2. The van der Waals surface area contributed by atoms with Crippen molar-refractivity contribution in [1.29, 1.82) is 0 Å². The minimum Gasteiger partial charge on any atom is -0.357 e. The number of imide groups is 1. The molecule has 1 N–H and O–H groups in total. The summed E-state index contributed by atoms with van der Waals surface area (Å²) in [5.74, 6) is 0.115. The van der Waals surface area contributed by atoms with Crippen LogP contribution >= 0.6 is 11.3 Å². The lowest BCUT2D eigenvalue weighted by molar-refractivity contribution is 0.0596. The topological polar surface area (TPSA) is 56.4 Å². The number of H-pyrrole nitrogens is 1. The van der Waals surface area contributed by atoms with E-state index in [1.807, 2.05) is 12.1 Å². The van der Waals surface area contributed by atoms with Crippen LogP contribution < -0.4 is 0 Å². The SMILES string of the molecule is O=C1c2ccccc2C(=O)N1CC1CCN(Cc2cc3sccc3[nH]2)CC1. The second-order valence-corrected chi connectivity index (χ2v) is 8.43. The highest BCUT2D eigenvalue weighted by Crippen LogP contribution is 2.27. The van der Waals surface area contributed by atoms with Crippen LogP contribution in [0.4, 0.5) is 0 Å². The van der Waals surface area contributed by atoms with E-state index < -0.39 is 0 Å². The van der Waals surface area contributed by atoms with Crippen LogP contribution in [-0.2, 0) is 6.54 Å². The molecule has 1 saturated heterocycles. The highest BCUT2D eigenvalue weighted by molar-refractivity contribution is 7.17. The fourth-order valence-corrected chi connectivity index (χ4v) is 5.03. The van der Waals surface area contributed by atoms with Crippen molar-refractivity contribution in [2.75, 3.05) is 19.6 Å². The molecular weight excluding hydrogens is 358 g/mol. The number of carbonyl (C=O) groups is 2. The molecule has 0 saturated carbocycles. The highest BCUT2D eigenvalue weighted by Gasteiger charge is 2.36. The van der Waals surface area contributed by atoms with E-state index in [0.29, 0.717) is 23.6 Å². The normalized spacial score (nSPS) is 18.6. The monoisotopic (exact) mass is 379 g/mol. The maximum atomic E-state index is 12.5. The summed E-state index contributed by atoms with van der Waals surface area (Å²) >= 11 is 1.76. The molecule has 2 aliphatic heterocycles. The molecule has 0 spiro atoms. The van der Waals surface area contributed by atoms with E-state index in [1.165, 1.54) is 20.8 Å². The number of fused-ring (bicyclic) bond motifs is 2. The molecule has 27 heavy (non-hydrogen) atoms. The van der Waals surface area contributed by atoms with Crippen LogP contribution in [0.1, 0.15) is 39.3 Å². The molecule has 2 aliphatic rings. The number of aromatic nitrogens is 1. The Morgan fingerprint density at radius 3 is 2.41 bits per heavy atom. The van der Waals surface area contributed by atoms with Crippen molar-refractivity contribution in [2.24, 2.45) is 5.92 Å². The van der Waals surface area contributed by atoms with Crippen LogP contribution in [0.25, 0.3) is 10.2 Å². The Labute approximate surface area is 161 Å². The van der Waals surface area contributed by atoms with Crippen molar-refractivity contribution in [1.82, 2.24) is 14.8 Å². The van der Waals surface area contributed by atoms with Gasteiger partial charge in [0.05, 0.1) is 21.3 Å². The predicted molar refractivity (Wildman–Crippen MR) is 106 cm³/mol.